The van der Waals surface area contributed by atoms with Gasteiger partial charge < -0.3 is 4.74 Å². The van der Waals surface area contributed by atoms with Gasteiger partial charge in [0.15, 0.2) is 0 Å². The molecule has 0 N–H and O–H groups in total. The Bertz CT molecular complexity index is 311. The molecule has 0 spiro atoms. The van der Waals surface area contributed by atoms with E-state index in [9.17, 15) is 4.79 Å². The SMILES string of the molecule is COC(=O)c1cc(Br)nn1CCBr. The van der Waals surface area contributed by atoms with Crippen LogP contribution in [0, 0.1) is 0 Å². The number of aryl methyl sites for hydroxylation is 1. The fourth-order valence-electron chi connectivity index (χ4n) is 0.905. The van der Waals surface area contributed by atoms with Crippen LogP contribution in [0.1, 0.15) is 10.5 Å². The van der Waals surface area contributed by atoms with Crippen molar-refractivity contribution in [3.8, 4) is 0 Å². The fourth-order valence-corrected chi connectivity index (χ4v) is 1.65. The molecule has 6 heteroatoms. The first-order chi connectivity index (χ1) is 6.19. The highest BCUT2D eigenvalue weighted by atomic mass is 79.9. The molecule has 0 bridgehead atoms. The molecule has 0 unspecified atom stereocenters. The van der Waals surface area contributed by atoms with E-state index >= 15 is 0 Å². The highest BCUT2D eigenvalue weighted by Gasteiger charge is 2.13. The van der Waals surface area contributed by atoms with Gasteiger partial charge in [-0.25, -0.2) is 4.79 Å². The van der Waals surface area contributed by atoms with Gasteiger partial charge in [-0.15, -0.1) is 0 Å². The number of carbonyl (C=O) groups is 1. The fraction of sp³-hybridized carbons (Fsp3) is 0.429. The average molecular weight is 312 g/mol. The van der Waals surface area contributed by atoms with Gasteiger partial charge in [-0.05, 0) is 15.9 Å². The normalized spacial score (nSPS) is 10.1. The number of rotatable bonds is 3. The lowest BCUT2D eigenvalue weighted by molar-refractivity contribution is 0.0587. The van der Waals surface area contributed by atoms with Gasteiger partial charge in [0, 0.05) is 11.4 Å². The highest BCUT2D eigenvalue weighted by molar-refractivity contribution is 9.10. The zero-order chi connectivity index (χ0) is 9.84. The highest BCUT2D eigenvalue weighted by Crippen LogP contribution is 2.11. The standard InChI is InChI=1S/C7H8Br2N2O2/c1-13-7(12)5-4-6(9)10-11(5)3-2-8/h4H,2-3H2,1H3. The van der Waals surface area contributed by atoms with E-state index < -0.39 is 0 Å². The molecular formula is C7H8Br2N2O2. The lowest BCUT2D eigenvalue weighted by atomic mass is 10.4. The van der Waals surface area contributed by atoms with Gasteiger partial charge >= 0.3 is 5.97 Å². The third-order valence-electron chi connectivity index (χ3n) is 1.44. The number of carbonyl (C=O) groups excluding carboxylic acids is 1. The van der Waals surface area contributed by atoms with E-state index in [1.54, 1.807) is 10.7 Å². The van der Waals surface area contributed by atoms with Crippen molar-refractivity contribution in [3.05, 3.63) is 16.4 Å². The molecule has 1 heterocycles. The van der Waals surface area contributed by atoms with E-state index in [-0.39, 0.29) is 5.97 Å². The van der Waals surface area contributed by atoms with E-state index in [4.69, 9.17) is 0 Å². The lowest BCUT2D eigenvalue weighted by Crippen LogP contribution is -2.12. The third kappa shape index (κ3) is 2.54. The first kappa shape index (κ1) is 10.7. The quantitative estimate of drug-likeness (QED) is 0.632. The van der Waals surface area contributed by atoms with Crippen molar-refractivity contribution in [3.63, 3.8) is 0 Å². The first-order valence-corrected chi connectivity index (χ1v) is 5.48. The van der Waals surface area contributed by atoms with Gasteiger partial charge in [0.1, 0.15) is 10.3 Å². The number of methoxy groups -OCH3 is 1. The molecule has 0 saturated carbocycles. The maximum atomic E-state index is 11.2. The minimum atomic E-state index is -0.376. The Morgan fingerprint density at radius 3 is 3.00 bits per heavy atom. The van der Waals surface area contributed by atoms with E-state index in [0.717, 1.165) is 5.33 Å². The molecule has 0 saturated heterocycles. The van der Waals surface area contributed by atoms with Gasteiger partial charge in [-0.3, -0.25) is 4.68 Å². The number of nitrogens with zero attached hydrogens (tertiary/aromatic N) is 2. The summed E-state index contributed by atoms with van der Waals surface area (Å²) in [6.07, 6.45) is 0. The molecule has 72 valence electrons. The summed E-state index contributed by atoms with van der Waals surface area (Å²) >= 11 is 6.47. The number of hydrogen-bond acceptors (Lipinski definition) is 3. The van der Waals surface area contributed by atoms with E-state index in [2.05, 4.69) is 41.7 Å². The number of ether oxygens (including phenoxy) is 1. The predicted molar refractivity (Wildman–Crippen MR) is 55.1 cm³/mol. The maximum absolute atomic E-state index is 11.2. The van der Waals surface area contributed by atoms with Crippen LogP contribution in [0.15, 0.2) is 10.7 Å². The molecule has 1 aromatic heterocycles. The Morgan fingerprint density at radius 1 is 1.77 bits per heavy atom. The molecule has 0 amide bonds. The van der Waals surface area contributed by atoms with Crippen LogP contribution in [0.2, 0.25) is 0 Å². The van der Waals surface area contributed by atoms with E-state index in [1.165, 1.54) is 7.11 Å². The summed E-state index contributed by atoms with van der Waals surface area (Å²) in [6, 6.07) is 1.63. The summed E-state index contributed by atoms with van der Waals surface area (Å²) in [6.45, 7) is 0.635. The summed E-state index contributed by atoms with van der Waals surface area (Å²) in [5, 5.41) is 4.81. The second-order valence-corrected chi connectivity index (χ2v) is 3.86. The molecule has 0 aliphatic heterocycles. The summed E-state index contributed by atoms with van der Waals surface area (Å²) in [4.78, 5) is 11.2. The topological polar surface area (TPSA) is 44.1 Å². The number of alkyl halides is 1. The lowest BCUT2D eigenvalue weighted by Gasteiger charge is -2.02. The van der Waals surface area contributed by atoms with Gasteiger partial charge in [0.25, 0.3) is 0 Å². The van der Waals surface area contributed by atoms with Crippen LogP contribution in [-0.2, 0) is 11.3 Å². The Hall–Kier alpha value is -0.360. The smallest absolute Gasteiger partial charge is 0.356 e. The second kappa shape index (κ2) is 4.76. The molecule has 0 atom stereocenters. The summed E-state index contributed by atoms with van der Waals surface area (Å²) in [5.74, 6) is -0.376. The van der Waals surface area contributed by atoms with Crippen LogP contribution in [0.4, 0.5) is 0 Å². The summed E-state index contributed by atoms with van der Waals surface area (Å²) in [7, 11) is 1.35. The van der Waals surface area contributed by atoms with Gasteiger partial charge in [-0.2, -0.15) is 5.10 Å². The number of aromatic nitrogens is 2. The Kier molecular flexibility index (Phi) is 3.92. The zero-order valence-electron chi connectivity index (χ0n) is 6.96. The average Bonchev–Trinajstić information content (AvgIpc) is 2.46. The number of halogens is 2. The number of esters is 1. The van der Waals surface area contributed by atoms with Crippen molar-refractivity contribution in [2.24, 2.45) is 0 Å². The molecule has 4 nitrogen and oxygen atoms in total. The van der Waals surface area contributed by atoms with Gasteiger partial charge in [0.2, 0.25) is 0 Å². The molecule has 13 heavy (non-hydrogen) atoms. The van der Waals surface area contributed by atoms with E-state index in [0.29, 0.717) is 16.8 Å². The third-order valence-corrected chi connectivity index (χ3v) is 2.18. The molecular weight excluding hydrogens is 304 g/mol. The molecule has 0 aliphatic rings. The van der Waals surface area contributed by atoms with E-state index in [1.807, 2.05) is 0 Å². The van der Waals surface area contributed by atoms with Crippen LogP contribution in [0.25, 0.3) is 0 Å². The Balaban J connectivity index is 2.96. The predicted octanol–water partition coefficient (Wildman–Crippen LogP) is 1.83. The van der Waals surface area contributed by atoms with Crippen molar-refractivity contribution < 1.29 is 9.53 Å². The maximum Gasteiger partial charge on any atom is 0.356 e. The van der Waals surface area contributed by atoms with Gasteiger partial charge in [0.05, 0.1) is 13.7 Å². The molecule has 1 aromatic rings. The molecule has 1 rings (SSSR count). The largest absolute Gasteiger partial charge is 0.464 e. The Labute approximate surface area is 92.5 Å². The molecule has 0 aliphatic carbocycles. The van der Waals surface area contributed by atoms with Crippen LogP contribution >= 0.6 is 31.9 Å². The monoisotopic (exact) mass is 310 g/mol. The van der Waals surface area contributed by atoms with Crippen molar-refractivity contribution in [2.45, 2.75) is 6.54 Å². The molecule has 0 aromatic carbocycles. The zero-order valence-corrected chi connectivity index (χ0v) is 10.1. The van der Waals surface area contributed by atoms with Crippen molar-refractivity contribution in [1.29, 1.82) is 0 Å². The number of hydrogen-bond donors (Lipinski definition) is 0. The van der Waals surface area contributed by atoms with Crippen LogP contribution < -0.4 is 0 Å². The van der Waals surface area contributed by atoms with Gasteiger partial charge in [-0.1, -0.05) is 15.9 Å². The van der Waals surface area contributed by atoms with Crippen LogP contribution in [-0.4, -0.2) is 28.2 Å². The molecule has 0 radical (unpaired) electrons. The summed E-state index contributed by atoms with van der Waals surface area (Å²) in [5.41, 5.74) is 0.453. The van der Waals surface area contributed by atoms with Crippen LogP contribution in [0.3, 0.4) is 0 Å². The minimum absolute atomic E-state index is 0.376. The second-order valence-electron chi connectivity index (χ2n) is 2.26. The molecule has 0 fully saturated rings. The van der Waals surface area contributed by atoms with Crippen LogP contribution in [0.5, 0.6) is 0 Å². The summed E-state index contributed by atoms with van der Waals surface area (Å²) < 4.78 is 6.82. The Morgan fingerprint density at radius 2 is 2.46 bits per heavy atom. The van der Waals surface area contributed by atoms with Crippen molar-refractivity contribution in [1.82, 2.24) is 9.78 Å². The minimum Gasteiger partial charge on any atom is -0.464 e. The van der Waals surface area contributed by atoms with Crippen molar-refractivity contribution in [2.75, 3.05) is 12.4 Å². The van der Waals surface area contributed by atoms with Crippen molar-refractivity contribution >= 4 is 37.8 Å². The first-order valence-electron chi connectivity index (χ1n) is 3.56.